The molecule has 0 saturated carbocycles. The van der Waals surface area contributed by atoms with Gasteiger partial charge in [-0.1, -0.05) is 12.1 Å². The van der Waals surface area contributed by atoms with Crippen LogP contribution in [0.4, 0.5) is 14.5 Å². The number of benzene rings is 2. The van der Waals surface area contributed by atoms with Crippen molar-refractivity contribution >= 4 is 21.7 Å². The number of carbonyl (C=O) groups is 1. The Kier molecular flexibility index (Phi) is 5.18. The zero-order valence-corrected chi connectivity index (χ0v) is 13.5. The van der Waals surface area contributed by atoms with Crippen LogP contribution in [0.25, 0.3) is 0 Å². The highest BCUT2D eigenvalue weighted by atomic mass is 32.2. The van der Waals surface area contributed by atoms with Gasteiger partial charge in [0.25, 0.3) is 0 Å². The summed E-state index contributed by atoms with van der Waals surface area (Å²) in [6, 6.07) is 8.12. The van der Waals surface area contributed by atoms with Gasteiger partial charge in [0, 0.05) is 6.42 Å². The van der Waals surface area contributed by atoms with Crippen LogP contribution in [0.2, 0.25) is 0 Å². The number of hydrogen-bond acceptors (Lipinski definition) is 3. The lowest BCUT2D eigenvalue weighted by atomic mass is 10.1. The van der Waals surface area contributed by atoms with Crippen molar-refractivity contribution in [2.75, 3.05) is 10.6 Å². The molecule has 0 aromatic heterocycles. The maximum absolute atomic E-state index is 13.1. The van der Waals surface area contributed by atoms with Gasteiger partial charge in [0.2, 0.25) is 10.0 Å². The van der Waals surface area contributed by atoms with Crippen molar-refractivity contribution in [3.63, 3.8) is 0 Å². The number of aliphatic carboxylic acids is 1. The van der Waals surface area contributed by atoms with E-state index in [1.165, 1.54) is 24.3 Å². The van der Waals surface area contributed by atoms with Crippen molar-refractivity contribution in [1.29, 1.82) is 0 Å². The molecular weight excluding hydrogens is 340 g/mol. The van der Waals surface area contributed by atoms with E-state index in [-0.39, 0.29) is 12.1 Å². The average molecular weight is 355 g/mol. The number of halogens is 2. The molecule has 2 aromatic carbocycles. The summed E-state index contributed by atoms with van der Waals surface area (Å²) in [5, 5.41) is 9.48. The highest BCUT2D eigenvalue weighted by molar-refractivity contribution is 7.92. The Balaban J connectivity index is 2.45. The van der Waals surface area contributed by atoms with Crippen molar-refractivity contribution in [1.82, 2.24) is 0 Å². The van der Waals surface area contributed by atoms with E-state index in [1.807, 2.05) is 0 Å². The fourth-order valence-corrected chi connectivity index (χ4v) is 3.44. The second-order valence-corrected chi connectivity index (χ2v) is 7.08. The number of rotatable bonds is 6. The topological polar surface area (TPSA) is 74.7 Å². The van der Waals surface area contributed by atoms with Gasteiger partial charge >= 0.3 is 5.97 Å². The Morgan fingerprint density at radius 2 is 1.50 bits per heavy atom. The highest BCUT2D eigenvalue weighted by Crippen LogP contribution is 2.23. The first-order valence-electron chi connectivity index (χ1n) is 6.90. The van der Waals surface area contributed by atoms with E-state index in [1.54, 1.807) is 0 Å². The molecule has 0 spiro atoms. The number of carboxylic acids is 1. The summed E-state index contributed by atoms with van der Waals surface area (Å²) in [6.45, 7) is 0. The van der Waals surface area contributed by atoms with E-state index in [9.17, 15) is 27.1 Å². The molecule has 0 heterocycles. The van der Waals surface area contributed by atoms with Gasteiger partial charge in [0.15, 0.2) is 0 Å². The molecule has 2 rings (SSSR count). The van der Waals surface area contributed by atoms with Crippen LogP contribution in [0.1, 0.15) is 5.56 Å². The molecule has 0 fully saturated rings. The number of carboxylic acid groups (broad SMARTS) is 1. The molecule has 2 aromatic rings. The number of nitrogens with zero attached hydrogens (tertiary/aromatic N) is 1. The van der Waals surface area contributed by atoms with E-state index in [4.69, 9.17) is 0 Å². The van der Waals surface area contributed by atoms with E-state index < -0.39 is 33.7 Å². The molecule has 8 heteroatoms. The zero-order valence-electron chi connectivity index (χ0n) is 12.7. The smallest absolute Gasteiger partial charge is 0.327 e. The van der Waals surface area contributed by atoms with Gasteiger partial charge in [-0.05, 0) is 42.0 Å². The first-order valence-corrected chi connectivity index (χ1v) is 8.75. The second-order valence-electron chi connectivity index (χ2n) is 5.22. The van der Waals surface area contributed by atoms with E-state index >= 15 is 0 Å². The van der Waals surface area contributed by atoms with Crippen LogP contribution in [-0.2, 0) is 21.2 Å². The summed E-state index contributed by atoms with van der Waals surface area (Å²) in [7, 11) is -3.95. The number of anilines is 1. The second kappa shape index (κ2) is 6.96. The van der Waals surface area contributed by atoms with Crippen molar-refractivity contribution in [2.45, 2.75) is 12.5 Å². The number of hydrogen-bond donors (Lipinski definition) is 1. The van der Waals surface area contributed by atoms with E-state index in [2.05, 4.69) is 0 Å². The minimum Gasteiger partial charge on any atom is -0.480 e. The molecule has 128 valence electrons. The quantitative estimate of drug-likeness (QED) is 0.864. The first kappa shape index (κ1) is 17.9. The summed E-state index contributed by atoms with van der Waals surface area (Å²) >= 11 is 0. The van der Waals surface area contributed by atoms with Crippen molar-refractivity contribution in [3.8, 4) is 0 Å². The predicted molar refractivity (Wildman–Crippen MR) is 85.3 cm³/mol. The van der Waals surface area contributed by atoms with E-state index in [0.717, 1.165) is 34.8 Å². The van der Waals surface area contributed by atoms with Crippen LogP contribution < -0.4 is 4.31 Å². The van der Waals surface area contributed by atoms with Gasteiger partial charge in [-0.25, -0.2) is 22.0 Å². The third-order valence-corrected chi connectivity index (χ3v) is 4.53. The summed E-state index contributed by atoms with van der Waals surface area (Å²) in [5.74, 6) is -2.42. The molecular formula is C16H15F2NO4S. The maximum atomic E-state index is 13.1. The summed E-state index contributed by atoms with van der Waals surface area (Å²) in [6.07, 6.45) is 0.705. The van der Waals surface area contributed by atoms with Gasteiger partial charge in [-0.3, -0.25) is 4.31 Å². The standard InChI is InChI=1S/C16H15F2NO4S/c1-24(22,23)19(14-8-6-13(18)7-9-14)15(16(20)21)10-11-2-4-12(17)5-3-11/h2-9,15H,10H2,1H3,(H,20,21). The molecule has 5 nitrogen and oxygen atoms in total. The molecule has 0 bridgehead atoms. The highest BCUT2D eigenvalue weighted by Gasteiger charge is 2.32. The lowest BCUT2D eigenvalue weighted by Crippen LogP contribution is -2.46. The fourth-order valence-electron chi connectivity index (χ4n) is 2.30. The van der Waals surface area contributed by atoms with Crippen LogP contribution in [0.3, 0.4) is 0 Å². The van der Waals surface area contributed by atoms with Gasteiger partial charge in [0.1, 0.15) is 17.7 Å². The Labute approximate surface area is 138 Å². The molecule has 24 heavy (non-hydrogen) atoms. The van der Waals surface area contributed by atoms with Crippen molar-refractivity contribution in [3.05, 3.63) is 65.7 Å². The molecule has 0 aliphatic carbocycles. The van der Waals surface area contributed by atoms with Crippen LogP contribution in [0, 0.1) is 11.6 Å². The monoisotopic (exact) mass is 355 g/mol. The van der Waals surface area contributed by atoms with Gasteiger partial charge in [-0.15, -0.1) is 0 Å². The molecule has 0 saturated heterocycles. The first-order chi connectivity index (χ1) is 11.2. The fraction of sp³-hybridized carbons (Fsp3) is 0.188. The summed E-state index contributed by atoms with van der Waals surface area (Å²) in [4.78, 5) is 11.6. The molecule has 0 radical (unpaired) electrons. The molecule has 1 unspecified atom stereocenters. The normalized spacial score (nSPS) is 12.6. The SMILES string of the molecule is CS(=O)(=O)N(c1ccc(F)cc1)C(Cc1ccc(F)cc1)C(=O)O. The Morgan fingerprint density at radius 1 is 1.04 bits per heavy atom. The van der Waals surface area contributed by atoms with Gasteiger partial charge in [-0.2, -0.15) is 0 Å². The minimum atomic E-state index is -3.95. The third-order valence-electron chi connectivity index (χ3n) is 3.35. The molecule has 0 amide bonds. The Morgan fingerprint density at radius 3 is 1.92 bits per heavy atom. The molecule has 0 aliphatic heterocycles. The van der Waals surface area contributed by atoms with Crippen molar-refractivity contribution < 1.29 is 27.1 Å². The van der Waals surface area contributed by atoms with Gasteiger partial charge < -0.3 is 5.11 Å². The maximum Gasteiger partial charge on any atom is 0.327 e. The van der Waals surface area contributed by atoms with Crippen LogP contribution >= 0.6 is 0 Å². The molecule has 1 atom stereocenters. The molecule has 1 N–H and O–H groups in total. The van der Waals surface area contributed by atoms with Crippen LogP contribution in [0.5, 0.6) is 0 Å². The summed E-state index contributed by atoms with van der Waals surface area (Å²) < 4.78 is 51.0. The van der Waals surface area contributed by atoms with Crippen molar-refractivity contribution in [2.24, 2.45) is 0 Å². The Bertz CT molecular complexity index is 820. The zero-order chi connectivity index (χ0) is 17.9. The largest absolute Gasteiger partial charge is 0.480 e. The summed E-state index contributed by atoms with van der Waals surface area (Å²) in [5.41, 5.74) is 0.493. The average Bonchev–Trinajstić information content (AvgIpc) is 2.49. The number of sulfonamides is 1. The Hall–Kier alpha value is -2.48. The van der Waals surface area contributed by atoms with Crippen LogP contribution in [0.15, 0.2) is 48.5 Å². The predicted octanol–water partition coefficient (Wildman–Crippen LogP) is 2.43. The molecule has 0 aliphatic rings. The van der Waals surface area contributed by atoms with E-state index in [0.29, 0.717) is 5.56 Å². The minimum absolute atomic E-state index is 0.0356. The van der Waals surface area contributed by atoms with Crippen LogP contribution in [-0.4, -0.2) is 31.8 Å². The van der Waals surface area contributed by atoms with Gasteiger partial charge in [0.05, 0.1) is 11.9 Å². The third kappa shape index (κ3) is 4.29. The lowest BCUT2D eigenvalue weighted by Gasteiger charge is -2.29. The lowest BCUT2D eigenvalue weighted by molar-refractivity contribution is -0.138.